The molecule has 0 atom stereocenters. The lowest BCUT2D eigenvalue weighted by molar-refractivity contribution is 0.0947. The Hall–Kier alpha value is -1.62. The van der Waals surface area contributed by atoms with E-state index in [1.165, 1.54) is 4.68 Å². The third kappa shape index (κ3) is 1.89. The Balaban J connectivity index is 2.08. The number of aryl methyl sites for hydroxylation is 3. The van der Waals surface area contributed by atoms with E-state index in [1.54, 1.807) is 11.3 Å². The highest BCUT2D eigenvalue weighted by Gasteiger charge is 2.24. The van der Waals surface area contributed by atoms with Crippen LogP contribution >= 0.6 is 11.3 Å². The van der Waals surface area contributed by atoms with Crippen LogP contribution in [-0.2, 0) is 12.8 Å². The van der Waals surface area contributed by atoms with Crippen molar-refractivity contribution in [3.63, 3.8) is 0 Å². The van der Waals surface area contributed by atoms with Gasteiger partial charge >= 0.3 is 0 Å². The molecule has 0 fully saturated rings. The molecule has 0 aliphatic heterocycles. The van der Waals surface area contributed by atoms with Crippen molar-refractivity contribution < 1.29 is 4.79 Å². The van der Waals surface area contributed by atoms with Crippen LogP contribution in [0.5, 0.6) is 0 Å². The molecule has 2 heterocycles. The predicted molar refractivity (Wildman–Crippen MR) is 76.8 cm³/mol. The number of hydrogen-bond acceptors (Lipinski definition) is 4. The first-order chi connectivity index (χ1) is 9.09. The zero-order chi connectivity index (χ0) is 13.6. The van der Waals surface area contributed by atoms with Gasteiger partial charge in [0.05, 0.1) is 11.3 Å². The lowest BCUT2D eigenvalue weighted by atomic mass is 9.98. The fourth-order valence-corrected chi connectivity index (χ4v) is 3.57. The summed E-state index contributed by atoms with van der Waals surface area (Å²) in [5.41, 5.74) is 9.94. The highest BCUT2D eigenvalue weighted by molar-refractivity contribution is 7.10. The number of thiophene rings is 1. The van der Waals surface area contributed by atoms with Crippen LogP contribution in [0, 0.1) is 13.8 Å². The Labute approximate surface area is 116 Å². The summed E-state index contributed by atoms with van der Waals surface area (Å²) in [6, 6.07) is 0. The maximum atomic E-state index is 12.6. The largest absolute Gasteiger partial charge is 0.383 e. The second kappa shape index (κ2) is 4.49. The van der Waals surface area contributed by atoms with Crippen LogP contribution in [0.2, 0.25) is 0 Å². The smallest absolute Gasteiger partial charge is 0.281 e. The molecule has 0 saturated heterocycles. The van der Waals surface area contributed by atoms with Gasteiger partial charge in [-0.05, 0) is 50.5 Å². The number of fused-ring (bicyclic) bond motifs is 1. The number of anilines is 1. The molecule has 5 heteroatoms. The van der Waals surface area contributed by atoms with Gasteiger partial charge in [0, 0.05) is 10.4 Å². The van der Waals surface area contributed by atoms with E-state index in [0.29, 0.717) is 5.82 Å². The minimum atomic E-state index is -0.0943. The Morgan fingerprint density at radius 1 is 1.37 bits per heavy atom. The lowest BCUT2D eigenvalue weighted by Gasteiger charge is -2.08. The third-order valence-corrected chi connectivity index (χ3v) is 4.79. The van der Waals surface area contributed by atoms with Crippen molar-refractivity contribution in [3.05, 3.63) is 32.6 Å². The number of hydrogen-bond donors (Lipinski definition) is 1. The summed E-state index contributed by atoms with van der Waals surface area (Å²) in [5.74, 6) is 0.438. The number of carbonyl (C=O) groups is 1. The molecule has 19 heavy (non-hydrogen) atoms. The lowest BCUT2D eigenvalue weighted by Crippen LogP contribution is -2.17. The SMILES string of the molecule is Cc1csc(C)c1C(=O)n1nc2c(c1N)CCCC2. The van der Waals surface area contributed by atoms with E-state index < -0.39 is 0 Å². The van der Waals surface area contributed by atoms with Crippen molar-refractivity contribution in [2.75, 3.05) is 5.73 Å². The fourth-order valence-electron chi connectivity index (χ4n) is 2.73. The van der Waals surface area contributed by atoms with E-state index in [1.807, 2.05) is 19.2 Å². The molecule has 0 spiro atoms. The number of nitrogen functional groups attached to an aromatic ring is 1. The normalized spacial score (nSPS) is 14.4. The van der Waals surface area contributed by atoms with Crippen LogP contribution in [-0.4, -0.2) is 15.7 Å². The van der Waals surface area contributed by atoms with Gasteiger partial charge in [-0.15, -0.1) is 11.3 Å². The van der Waals surface area contributed by atoms with Gasteiger partial charge in [-0.1, -0.05) is 0 Å². The second-order valence-electron chi connectivity index (χ2n) is 5.08. The fraction of sp³-hybridized carbons (Fsp3) is 0.429. The average Bonchev–Trinajstić information content (AvgIpc) is 2.91. The summed E-state index contributed by atoms with van der Waals surface area (Å²) in [7, 11) is 0. The number of rotatable bonds is 1. The molecular weight excluding hydrogens is 258 g/mol. The molecule has 1 aliphatic rings. The first-order valence-electron chi connectivity index (χ1n) is 6.55. The molecule has 3 rings (SSSR count). The molecule has 0 unspecified atom stereocenters. The van der Waals surface area contributed by atoms with Crippen molar-refractivity contribution in [1.82, 2.24) is 9.78 Å². The van der Waals surface area contributed by atoms with Crippen LogP contribution < -0.4 is 5.73 Å². The Bertz CT molecular complexity index is 634. The molecule has 0 saturated carbocycles. The summed E-state index contributed by atoms with van der Waals surface area (Å²) < 4.78 is 1.40. The minimum absolute atomic E-state index is 0.0943. The van der Waals surface area contributed by atoms with Gasteiger partial charge < -0.3 is 5.73 Å². The van der Waals surface area contributed by atoms with Crippen LogP contribution in [0.3, 0.4) is 0 Å². The van der Waals surface area contributed by atoms with E-state index >= 15 is 0 Å². The first kappa shape index (κ1) is 12.4. The van der Waals surface area contributed by atoms with E-state index in [4.69, 9.17) is 5.73 Å². The van der Waals surface area contributed by atoms with E-state index in [2.05, 4.69) is 5.10 Å². The maximum absolute atomic E-state index is 12.6. The van der Waals surface area contributed by atoms with Gasteiger partial charge in [0.2, 0.25) is 0 Å². The van der Waals surface area contributed by atoms with Crippen LogP contribution in [0.4, 0.5) is 5.82 Å². The van der Waals surface area contributed by atoms with Crippen LogP contribution in [0.15, 0.2) is 5.38 Å². The van der Waals surface area contributed by atoms with Gasteiger partial charge in [0.15, 0.2) is 0 Å². The van der Waals surface area contributed by atoms with Gasteiger partial charge in [-0.25, -0.2) is 0 Å². The number of aromatic nitrogens is 2. The zero-order valence-corrected chi connectivity index (χ0v) is 12.0. The Kier molecular flexibility index (Phi) is 2.93. The van der Waals surface area contributed by atoms with Gasteiger partial charge in [-0.3, -0.25) is 4.79 Å². The van der Waals surface area contributed by atoms with Crippen molar-refractivity contribution in [1.29, 1.82) is 0 Å². The molecule has 1 aliphatic carbocycles. The monoisotopic (exact) mass is 275 g/mol. The van der Waals surface area contributed by atoms with Gasteiger partial charge in [0.1, 0.15) is 5.82 Å². The average molecular weight is 275 g/mol. The zero-order valence-electron chi connectivity index (χ0n) is 11.2. The molecule has 100 valence electrons. The van der Waals surface area contributed by atoms with Crippen molar-refractivity contribution in [3.8, 4) is 0 Å². The van der Waals surface area contributed by atoms with E-state index in [9.17, 15) is 4.79 Å². The summed E-state index contributed by atoms with van der Waals surface area (Å²) in [5, 5.41) is 6.44. The van der Waals surface area contributed by atoms with Gasteiger partial charge in [0.25, 0.3) is 5.91 Å². The molecule has 4 nitrogen and oxygen atoms in total. The third-order valence-electron chi connectivity index (χ3n) is 3.76. The molecule has 2 aromatic rings. The molecular formula is C14H17N3OS. The molecule has 2 N–H and O–H groups in total. The Morgan fingerprint density at radius 2 is 2.11 bits per heavy atom. The topological polar surface area (TPSA) is 60.9 Å². The van der Waals surface area contributed by atoms with E-state index in [0.717, 1.165) is 52.9 Å². The highest BCUT2D eigenvalue weighted by Crippen LogP contribution is 2.28. The molecule has 2 aromatic heterocycles. The minimum Gasteiger partial charge on any atom is -0.383 e. The van der Waals surface area contributed by atoms with Crippen LogP contribution in [0.25, 0.3) is 0 Å². The summed E-state index contributed by atoms with van der Waals surface area (Å²) >= 11 is 1.59. The van der Waals surface area contributed by atoms with Crippen molar-refractivity contribution in [2.24, 2.45) is 0 Å². The summed E-state index contributed by atoms with van der Waals surface area (Å²) in [6.07, 6.45) is 4.14. The highest BCUT2D eigenvalue weighted by atomic mass is 32.1. The molecule has 0 bridgehead atoms. The predicted octanol–water partition coefficient (Wildman–Crippen LogP) is 2.71. The molecule has 0 amide bonds. The van der Waals surface area contributed by atoms with Crippen molar-refractivity contribution >= 4 is 23.1 Å². The number of nitrogens with two attached hydrogens (primary N) is 1. The Morgan fingerprint density at radius 3 is 2.74 bits per heavy atom. The quantitative estimate of drug-likeness (QED) is 0.870. The first-order valence-corrected chi connectivity index (χ1v) is 7.43. The molecule has 0 radical (unpaired) electrons. The summed E-state index contributed by atoms with van der Waals surface area (Å²) in [4.78, 5) is 13.6. The van der Waals surface area contributed by atoms with Crippen molar-refractivity contribution in [2.45, 2.75) is 39.5 Å². The number of nitrogens with zero attached hydrogens (tertiary/aromatic N) is 2. The van der Waals surface area contributed by atoms with Crippen LogP contribution in [0.1, 0.15) is 44.9 Å². The number of carbonyl (C=O) groups excluding carboxylic acids is 1. The van der Waals surface area contributed by atoms with Gasteiger partial charge in [-0.2, -0.15) is 9.78 Å². The summed E-state index contributed by atoms with van der Waals surface area (Å²) in [6.45, 7) is 3.92. The standard InChI is InChI=1S/C14H17N3OS/c1-8-7-19-9(2)12(8)14(18)17-13(15)10-5-3-4-6-11(10)16-17/h7H,3-6,15H2,1-2H3. The maximum Gasteiger partial charge on any atom is 0.281 e. The molecule has 0 aromatic carbocycles. The van der Waals surface area contributed by atoms with E-state index in [-0.39, 0.29) is 5.91 Å². The second-order valence-corrected chi connectivity index (χ2v) is 6.17.